The first kappa shape index (κ1) is 15.9. The molecule has 6 atom stereocenters. The van der Waals surface area contributed by atoms with Crippen molar-refractivity contribution >= 4 is 7.82 Å². The lowest BCUT2D eigenvalue weighted by molar-refractivity contribution is -0.225. The van der Waals surface area contributed by atoms with Crippen molar-refractivity contribution in [3.63, 3.8) is 0 Å². The zero-order valence-corrected chi connectivity index (χ0v) is 14.5. The summed E-state index contributed by atoms with van der Waals surface area (Å²) in [4.78, 5) is 25.7. The number of aromatic nitrogens is 2. The zero-order valence-electron chi connectivity index (χ0n) is 14.6. The average molecular weight is 376 g/mol. The maximum atomic E-state index is 12.8. The third kappa shape index (κ3) is 2.73. The lowest BCUT2D eigenvalue weighted by atomic mass is 9.86. The fourth-order valence-electron chi connectivity index (χ4n) is 3.28. The average Bonchev–Trinajstić information content (AvgIpc) is 2.80. The number of ether oxygens (including phenoxy) is 2. The Balaban J connectivity index is 1.72. The molecular formula is C14H19N2O8P. The van der Waals surface area contributed by atoms with E-state index in [0.29, 0.717) is 13.0 Å². The van der Waals surface area contributed by atoms with E-state index >= 15 is 0 Å². The molecule has 0 saturated carbocycles. The first-order valence-electron chi connectivity index (χ1n) is 8.50. The highest BCUT2D eigenvalue weighted by Gasteiger charge is 2.66. The molecule has 1 aromatic heterocycles. The van der Waals surface area contributed by atoms with Crippen molar-refractivity contribution in [3.8, 4) is 0 Å². The number of fused-ring (bicyclic) bond motifs is 2. The van der Waals surface area contributed by atoms with Gasteiger partial charge in [-0.15, -0.1) is 0 Å². The van der Waals surface area contributed by atoms with E-state index < -0.39 is 55.8 Å². The molecule has 138 valence electrons. The van der Waals surface area contributed by atoms with Gasteiger partial charge in [-0.1, -0.05) is 0 Å². The quantitative estimate of drug-likeness (QED) is 0.760. The first-order chi connectivity index (χ1) is 12.2. The molecule has 10 nitrogen and oxygen atoms in total. The van der Waals surface area contributed by atoms with Crippen molar-refractivity contribution in [2.75, 3.05) is 13.2 Å². The van der Waals surface area contributed by atoms with Crippen LogP contribution in [0.5, 0.6) is 0 Å². The van der Waals surface area contributed by atoms with Crippen molar-refractivity contribution in [2.24, 2.45) is 0 Å². The molecule has 1 unspecified atom stereocenters. The highest BCUT2D eigenvalue weighted by molar-refractivity contribution is 7.48. The summed E-state index contributed by atoms with van der Waals surface area (Å²) in [6.07, 6.45) is -1.51. The largest absolute Gasteiger partial charge is 0.475 e. The van der Waals surface area contributed by atoms with Gasteiger partial charge in [-0.2, -0.15) is 0 Å². The number of phosphoric acid groups is 1. The van der Waals surface area contributed by atoms with E-state index in [2.05, 4.69) is 4.98 Å². The summed E-state index contributed by atoms with van der Waals surface area (Å²) in [6.45, 7) is 2.38. The van der Waals surface area contributed by atoms with E-state index in [4.69, 9.17) is 24.4 Å². The van der Waals surface area contributed by atoms with Crippen LogP contribution in [0.15, 0.2) is 21.9 Å². The molecule has 11 heteroatoms. The highest BCUT2D eigenvalue weighted by Crippen LogP contribution is 2.61. The normalized spacial score (nSPS) is 43.7. The molecule has 4 heterocycles. The SMILES string of the molecule is [3H]C1O[P@](=O)(OC(C)C)O[C@@H]2[C@@H]1O[C@@H](n1ccc(=O)[nH]c1=O)[C@@]21CCO1. The van der Waals surface area contributed by atoms with Gasteiger partial charge >= 0.3 is 13.5 Å². The molecule has 0 radical (unpaired) electrons. The minimum Gasteiger partial charge on any atom is -0.367 e. The van der Waals surface area contributed by atoms with Crippen LogP contribution in [0.2, 0.25) is 0 Å². The van der Waals surface area contributed by atoms with Gasteiger partial charge in [0.05, 0.1) is 20.7 Å². The minimum atomic E-state index is -3.99. The monoisotopic (exact) mass is 376 g/mol. The molecule has 0 bridgehead atoms. The second kappa shape index (κ2) is 5.87. The molecule has 3 aliphatic heterocycles. The number of phosphoric ester groups is 1. The summed E-state index contributed by atoms with van der Waals surface area (Å²) in [5.74, 6) is 0. The predicted octanol–water partition coefficient (Wildman–Crippen LogP) is 0.542. The smallest absolute Gasteiger partial charge is 0.367 e. The van der Waals surface area contributed by atoms with Gasteiger partial charge in [0.2, 0.25) is 0 Å². The van der Waals surface area contributed by atoms with Crippen LogP contribution in [0.25, 0.3) is 0 Å². The van der Waals surface area contributed by atoms with Crippen LogP contribution in [0.4, 0.5) is 0 Å². The molecule has 0 aromatic carbocycles. The number of nitrogens with zero attached hydrogens (tertiary/aromatic N) is 1. The Labute approximate surface area is 144 Å². The number of rotatable bonds is 3. The lowest BCUT2D eigenvalue weighted by Gasteiger charge is -2.46. The van der Waals surface area contributed by atoms with E-state index in [0.717, 1.165) is 0 Å². The van der Waals surface area contributed by atoms with Crippen LogP contribution in [0.1, 0.15) is 27.9 Å². The van der Waals surface area contributed by atoms with Crippen LogP contribution >= 0.6 is 7.82 Å². The standard InChI is InChI=1S/C14H19N2O8P/c1-8(2)23-25(19)21-7-9-11(24-25)14(4-6-20-14)12(22-9)16-5-3-10(17)15-13(16)18/h3,5,8-9,11-12H,4,6-7H2,1-2H3,(H,15,17,18)/t9-,11-,12-,14-,25-/m1/s1/i7T/t7?,9-,11-,12-,14-,25-. The Morgan fingerprint density at radius 3 is 2.88 bits per heavy atom. The summed E-state index contributed by atoms with van der Waals surface area (Å²) < 4.78 is 49.7. The second-order valence-corrected chi connectivity index (χ2v) is 7.92. The lowest BCUT2D eigenvalue weighted by Crippen LogP contribution is -2.59. The zero-order chi connectivity index (χ0) is 18.7. The fourth-order valence-corrected chi connectivity index (χ4v) is 4.79. The Morgan fingerprint density at radius 1 is 1.52 bits per heavy atom. The molecule has 1 N–H and O–H groups in total. The van der Waals surface area contributed by atoms with E-state index in [1.807, 2.05) is 0 Å². The second-order valence-electron chi connectivity index (χ2n) is 6.39. The van der Waals surface area contributed by atoms with Gasteiger partial charge in [0, 0.05) is 18.7 Å². The molecule has 1 spiro atoms. The molecule has 3 saturated heterocycles. The summed E-state index contributed by atoms with van der Waals surface area (Å²) >= 11 is 0. The van der Waals surface area contributed by atoms with Gasteiger partial charge in [-0.25, -0.2) is 9.36 Å². The van der Waals surface area contributed by atoms with Gasteiger partial charge in [0.25, 0.3) is 5.56 Å². The number of nitrogens with one attached hydrogen (secondary N) is 1. The van der Waals surface area contributed by atoms with E-state index in [1.165, 1.54) is 16.8 Å². The summed E-state index contributed by atoms with van der Waals surface area (Å²) in [5, 5.41) is 0. The Hall–Kier alpha value is -1.29. The van der Waals surface area contributed by atoms with Gasteiger partial charge in [0.1, 0.15) is 17.8 Å². The topological polar surface area (TPSA) is 118 Å². The van der Waals surface area contributed by atoms with Crippen LogP contribution in [-0.4, -0.2) is 46.7 Å². The molecule has 25 heavy (non-hydrogen) atoms. The molecular weight excluding hydrogens is 355 g/mol. The van der Waals surface area contributed by atoms with Crippen LogP contribution in [0, 0.1) is 0 Å². The van der Waals surface area contributed by atoms with Crippen LogP contribution < -0.4 is 11.2 Å². The van der Waals surface area contributed by atoms with Crippen molar-refractivity contribution in [1.82, 2.24) is 9.55 Å². The number of hydrogen-bond donors (Lipinski definition) is 1. The van der Waals surface area contributed by atoms with Crippen LogP contribution in [0.3, 0.4) is 0 Å². The van der Waals surface area contributed by atoms with E-state index in [9.17, 15) is 14.2 Å². The Morgan fingerprint density at radius 2 is 2.28 bits per heavy atom. The molecule has 0 amide bonds. The third-order valence-electron chi connectivity index (χ3n) is 4.36. The van der Waals surface area contributed by atoms with Gasteiger partial charge < -0.3 is 9.47 Å². The summed E-state index contributed by atoms with van der Waals surface area (Å²) in [7, 11) is -3.99. The predicted molar refractivity (Wildman–Crippen MR) is 83.2 cm³/mol. The molecule has 1 aromatic rings. The van der Waals surface area contributed by atoms with Gasteiger partial charge in [-0.05, 0) is 13.8 Å². The van der Waals surface area contributed by atoms with Crippen LogP contribution in [-0.2, 0) is 27.6 Å². The fraction of sp³-hybridized carbons (Fsp3) is 0.714. The molecule has 0 aliphatic carbocycles. The number of hydrogen-bond acceptors (Lipinski definition) is 8. The molecule has 3 fully saturated rings. The summed E-state index contributed by atoms with van der Waals surface area (Å²) in [5.41, 5.74) is -2.34. The Bertz CT molecular complexity index is 865. The van der Waals surface area contributed by atoms with Gasteiger partial charge in [-0.3, -0.25) is 27.9 Å². The molecule has 3 aliphatic rings. The van der Waals surface area contributed by atoms with Gasteiger partial charge in [0.15, 0.2) is 6.23 Å². The molecule has 4 rings (SSSR count). The minimum absolute atomic E-state index is 0.392. The summed E-state index contributed by atoms with van der Waals surface area (Å²) in [6, 6.07) is 1.18. The maximum Gasteiger partial charge on any atom is 0.475 e. The van der Waals surface area contributed by atoms with Crippen molar-refractivity contribution in [2.45, 2.75) is 50.4 Å². The third-order valence-corrected chi connectivity index (χ3v) is 5.90. The Kier molecular flexibility index (Phi) is 3.74. The maximum absolute atomic E-state index is 12.8. The highest BCUT2D eigenvalue weighted by atomic mass is 31.2. The first-order valence-corrected chi connectivity index (χ1v) is 9.38. The number of aromatic amines is 1. The van der Waals surface area contributed by atoms with Crippen molar-refractivity contribution < 1.29 is 29.0 Å². The van der Waals surface area contributed by atoms with E-state index in [1.54, 1.807) is 13.8 Å². The van der Waals surface area contributed by atoms with Crippen molar-refractivity contribution in [1.29, 1.82) is 0 Å². The van der Waals surface area contributed by atoms with Crippen molar-refractivity contribution in [3.05, 3.63) is 33.1 Å². The number of H-pyrrole nitrogens is 1. The van der Waals surface area contributed by atoms with E-state index in [-0.39, 0.29) is 0 Å².